The molecular formula is C17H21FN2O3. The van der Waals surface area contributed by atoms with Crippen LogP contribution in [-0.2, 0) is 10.2 Å². The number of benzene rings is 1. The van der Waals surface area contributed by atoms with Gasteiger partial charge in [0.15, 0.2) is 0 Å². The van der Waals surface area contributed by atoms with Crippen molar-refractivity contribution in [2.24, 2.45) is 5.92 Å². The van der Waals surface area contributed by atoms with E-state index in [0.29, 0.717) is 25.9 Å². The Kier molecular flexibility index (Phi) is 4.24. The molecule has 23 heavy (non-hydrogen) atoms. The van der Waals surface area contributed by atoms with Gasteiger partial charge in [-0.25, -0.2) is 9.18 Å². The first kappa shape index (κ1) is 15.8. The third-order valence-electron chi connectivity index (χ3n) is 4.93. The number of carboxylic acids is 1. The number of amides is 2. The molecule has 2 amide bonds. The quantitative estimate of drug-likeness (QED) is 0.895. The highest BCUT2D eigenvalue weighted by atomic mass is 19.1. The molecule has 1 aromatic carbocycles. The highest BCUT2D eigenvalue weighted by Gasteiger charge is 2.44. The number of nitrogens with one attached hydrogen (secondary N) is 1. The molecule has 5 nitrogen and oxygen atoms in total. The van der Waals surface area contributed by atoms with E-state index in [2.05, 4.69) is 5.32 Å². The molecule has 0 spiro atoms. The maximum atomic E-state index is 13.4. The molecule has 2 aliphatic rings. The van der Waals surface area contributed by atoms with Crippen molar-refractivity contribution < 1.29 is 19.1 Å². The predicted molar refractivity (Wildman–Crippen MR) is 82.6 cm³/mol. The lowest BCUT2D eigenvalue weighted by molar-refractivity contribution is -0.143. The number of carbonyl (C=O) groups is 2. The van der Waals surface area contributed by atoms with E-state index in [9.17, 15) is 14.0 Å². The number of rotatable bonds is 4. The van der Waals surface area contributed by atoms with Crippen molar-refractivity contribution in [3.63, 3.8) is 0 Å². The number of nitrogens with zero attached hydrogens (tertiary/aromatic N) is 1. The number of carbonyl (C=O) groups excluding carboxylic acids is 1. The smallest absolute Gasteiger partial charge is 0.317 e. The Morgan fingerprint density at radius 2 is 2.17 bits per heavy atom. The van der Waals surface area contributed by atoms with E-state index >= 15 is 0 Å². The lowest BCUT2D eigenvalue weighted by atomic mass is 9.96. The summed E-state index contributed by atoms with van der Waals surface area (Å²) in [7, 11) is 0. The Balaban J connectivity index is 1.58. The lowest BCUT2D eigenvalue weighted by Gasteiger charge is -2.31. The number of hydrogen-bond acceptors (Lipinski definition) is 2. The molecule has 1 aliphatic carbocycles. The molecule has 1 saturated heterocycles. The normalized spacial score (nSPS) is 22.5. The van der Waals surface area contributed by atoms with Gasteiger partial charge in [-0.15, -0.1) is 0 Å². The predicted octanol–water partition coefficient (Wildman–Crippen LogP) is 2.36. The van der Waals surface area contributed by atoms with Crippen molar-refractivity contribution in [1.82, 2.24) is 10.2 Å². The van der Waals surface area contributed by atoms with Gasteiger partial charge in [-0.2, -0.15) is 0 Å². The summed E-state index contributed by atoms with van der Waals surface area (Å²) in [6.07, 6.45) is 3.18. The van der Waals surface area contributed by atoms with E-state index in [1.165, 1.54) is 12.1 Å². The third kappa shape index (κ3) is 3.46. The first-order valence-electron chi connectivity index (χ1n) is 8.02. The summed E-state index contributed by atoms with van der Waals surface area (Å²) in [5.74, 6) is -1.59. The molecule has 0 radical (unpaired) electrons. The zero-order chi connectivity index (χ0) is 16.4. The Morgan fingerprint density at radius 1 is 1.39 bits per heavy atom. The van der Waals surface area contributed by atoms with Crippen LogP contribution in [0.1, 0.15) is 31.2 Å². The SMILES string of the molecule is O=C(O)C1CCCN(C(=O)NCC2(c3cccc(F)c3)CC2)C1. The van der Waals surface area contributed by atoms with Gasteiger partial charge < -0.3 is 15.3 Å². The van der Waals surface area contributed by atoms with Crippen LogP contribution in [0, 0.1) is 11.7 Å². The largest absolute Gasteiger partial charge is 0.481 e. The van der Waals surface area contributed by atoms with Crippen molar-refractivity contribution in [3.8, 4) is 0 Å². The fourth-order valence-corrected chi connectivity index (χ4v) is 3.26. The van der Waals surface area contributed by atoms with Crippen molar-refractivity contribution in [1.29, 1.82) is 0 Å². The van der Waals surface area contributed by atoms with Crippen LogP contribution in [0.2, 0.25) is 0 Å². The fourth-order valence-electron chi connectivity index (χ4n) is 3.26. The molecule has 3 rings (SSSR count). The molecule has 2 N–H and O–H groups in total. The van der Waals surface area contributed by atoms with E-state index in [4.69, 9.17) is 5.11 Å². The summed E-state index contributed by atoms with van der Waals surface area (Å²) in [5, 5.41) is 12.0. The molecule has 1 saturated carbocycles. The molecule has 1 heterocycles. The minimum absolute atomic E-state index is 0.167. The molecule has 6 heteroatoms. The van der Waals surface area contributed by atoms with Gasteiger partial charge >= 0.3 is 12.0 Å². The Labute approximate surface area is 134 Å². The second-order valence-corrected chi connectivity index (χ2v) is 6.57. The van der Waals surface area contributed by atoms with Crippen LogP contribution < -0.4 is 5.32 Å². The topological polar surface area (TPSA) is 69.6 Å². The summed E-state index contributed by atoms with van der Waals surface area (Å²) in [6.45, 7) is 1.31. The van der Waals surface area contributed by atoms with Crippen molar-refractivity contribution in [2.45, 2.75) is 31.1 Å². The van der Waals surface area contributed by atoms with E-state index in [1.54, 1.807) is 11.0 Å². The Bertz CT molecular complexity index is 616. The van der Waals surface area contributed by atoms with E-state index in [0.717, 1.165) is 18.4 Å². The Morgan fingerprint density at radius 3 is 2.83 bits per heavy atom. The van der Waals surface area contributed by atoms with Crippen LogP contribution in [0.4, 0.5) is 9.18 Å². The fraction of sp³-hybridized carbons (Fsp3) is 0.529. The van der Waals surface area contributed by atoms with Crippen LogP contribution in [-0.4, -0.2) is 41.6 Å². The molecule has 1 aliphatic heterocycles. The molecule has 1 unspecified atom stereocenters. The summed E-state index contributed by atoms with van der Waals surface area (Å²) in [4.78, 5) is 24.9. The average Bonchev–Trinajstić information content (AvgIpc) is 3.34. The molecular weight excluding hydrogens is 299 g/mol. The number of likely N-dealkylation sites (tertiary alicyclic amines) is 1. The summed E-state index contributed by atoms with van der Waals surface area (Å²) in [5.41, 5.74) is 0.750. The van der Waals surface area contributed by atoms with Crippen molar-refractivity contribution in [2.75, 3.05) is 19.6 Å². The monoisotopic (exact) mass is 320 g/mol. The van der Waals surface area contributed by atoms with E-state index < -0.39 is 11.9 Å². The molecule has 0 bridgehead atoms. The van der Waals surface area contributed by atoms with Crippen molar-refractivity contribution in [3.05, 3.63) is 35.6 Å². The molecule has 1 atom stereocenters. The third-order valence-corrected chi connectivity index (χ3v) is 4.93. The maximum Gasteiger partial charge on any atom is 0.317 e. The first-order valence-corrected chi connectivity index (χ1v) is 8.02. The average molecular weight is 320 g/mol. The number of piperidine rings is 1. The standard InChI is InChI=1S/C17H21FN2O3/c18-14-5-1-4-13(9-14)17(6-7-17)11-19-16(23)20-8-2-3-12(10-20)15(21)22/h1,4-5,9,12H,2-3,6-8,10-11H2,(H,19,23)(H,21,22). The second-order valence-electron chi connectivity index (χ2n) is 6.57. The summed E-state index contributed by atoms with van der Waals surface area (Å²) >= 11 is 0. The van der Waals surface area contributed by atoms with Gasteiger partial charge in [0.25, 0.3) is 0 Å². The number of urea groups is 1. The number of carboxylic acid groups (broad SMARTS) is 1. The number of halogens is 1. The van der Waals surface area contributed by atoms with Crippen molar-refractivity contribution >= 4 is 12.0 Å². The van der Waals surface area contributed by atoms with Gasteiger partial charge in [-0.05, 0) is 43.4 Å². The summed E-state index contributed by atoms with van der Waals surface area (Å²) < 4.78 is 13.4. The minimum Gasteiger partial charge on any atom is -0.481 e. The number of hydrogen-bond donors (Lipinski definition) is 2. The van der Waals surface area contributed by atoms with Crippen LogP contribution in [0.5, 0.6) is 0 Å². The van der Waals surface area contributed by atoms with Gasteiger partial charge in [-0.3, -0.25) is 4.79 Å². The number of aliphatic carboxylic acids is 1. The van der Waals surface area contributed by atoms with Crippen LogP contribution >= 0.6 is 0 Å². The van der Waals surface area contributed by atoms with Crippen LogP contribution in [0.15, 0.2) is 24.3 Å². The molecule has 124 valence electrons. The second kappa shape index (κ2) is 6.18. The van der Waals surface area contributed by atoms with E-state index in [-0.39, 0.29) is 23.8 Å². The molecule has 0 aromatic heterocycles. The lowest BCUT2D eigenvalue weighted by Crippen LogP contribution is -2.48. The highest BCUT2D eigenvalue weighted by molar-refractivity contribution is 5.76. The van der Waals surface area contributed by atoms with Crippen LogP contribution in [0.25, 0.3) is 0 Å². The maximum absolute atomic E-state index is 13.4. The molecule has 1 aromatic rings. The van der Waals surface area contributed by atoms with Gasteiger partial charge in [-0.1, -0.05) is 12.1 Å². The minimum atomic E-state index is -0.846. The van der Waals surface area contributed by atoms with Crippen LogP contribution in [0.3, 0.4) is 0 Å². The zero-order valence-corrected chi connectivity index (χ0v) is 12.9. The van der Waals surface area contributed by atoms with E-state index in [1.807, 2.05) is 6.07 Å². The first-order chi connectivity index (χ1) is 11.0. The zero-order valence-electron chi connectivity index (χ0n) is 12.9. The highest BCUT2D eigenvalue weighted by Crippen LogP contribution is 2.47. The van der Waals surface area contributed by atoms with Gasteiger partial charge in [0.2, 0.25) is 0 Å². The van der Waals surface area contributed by atoms with Gasteiger partial charge in [0.1, 0.15) is 5.82 Å². The van der Waals surface area contributed by atoms with Gasteiger partial charge in [0.05, 0.1) is 5.92 Å². The summed E-state index contributed by atoms with van der Waals surface area (Å²) in [6, 6.07) is 6.30. The molecule has 2 fully saturated rings. The Hall–Kier alpha value is -2.11. The van der Waals surface area contributed by atoms with Gasteiger partial charge in [0, 0.05) is 25.0 Å².